The molecule has 1 heterocycles. The summed E-state index contributed by atoms with van der Waals surface area (Å²) in [5.74, 6) is -0.484. The summed E-state index contributed by atoms with van der Waals surface area (Å²) in [6.45, 7) is 11.2. The Kier molecular flexibility index (Phi) is 8.28. The van der Waals surface area contributed by atoms with Crippen LogP contribution in [-0.2, 0) is 25.7 Å². The van der Waals surface area contributed by atoms with E-state index >= 15 is 0 Å². The van der Waals surface area contributed by atoms with E-state index in [0.717, 1.165) is 27.4 Å². The van der Waals surface area contributed by atoms with Gasteiger partial charge in [-0.05, 0) is 62.7 Å². The van der Waals surface area contributed by atoms with E-state index < -0.39 is 16.9 Å². The van der Waals surface area contributed by atoms with Gasteiger partial charge in [0.2, 0.25) is 0 Å². The summed E-state index contributed by atoms with van der Waals surface area (Å²) in [7, 11) is 0. The van der Waals surface area contributed by atoms with Crippen LogP contribution in [0.4, 0.5) is 5.69 Å². The van der Waals surface area contributed by atoms with Gasteiger partial charge in [-0.2, -0.15) is 0 Å². The largest absolute Gasteiger partial charge is 0.490 e. The summed E-state index contributed by atoms with van der Waals surface area (Å²) < 4.78 is 12.9. The molecule has 0 radical (unpaired) electrons. The molecule has 4 rings (SSSR count). The molecule has 1 aromatic heterocycles. The molecule has 0 bridgehead atoms. The molecule has 0 N–H and O–H groups in total. The fraction of sp³-hybridized carbons (Fsp3) is 0.233. The fourth-order valence-electron chi connectivity index (χ4n) is 4.47. The number of nitro groups is 1. The molecular formula is C30H29N3O7. The number of non-ortho nitro benzene ring substituents is 1. The normalized spacial score (nSPS) is 11.4. The Morgan fingerprint density at radius 2 is 1.70 bits per heavy atom. The molecule has 0 saturated heterocycles. The van der Waals surface area contributed by atoms with E-state index in [1.54, 1.807) is 31.2 Å². The number of nitro benzene ring substituents is 1. The topological polar surface area (TPSA) is 122 Å². The second-order valence-corrected chi connectivity index (χ2v) is 9.20. The number of rotatable bonds is 10. The molecule has 0 unspecified atom stereocenters. The summed E-state index contributed by atoms with van der Waals surface area (Å²) in [5.41, 5.74) is 4.70. The number of benzene rings is 3. The highest BCUT2D eigenvalue weighted by molar-refractivity contribution is 6.17. The number of nitrogens with zero attached hydrogens (tertiary/aromatic N) is 3. The third kappa shape index (κ3) is 5.85. The second kappa shape index (κ2) is 11.8. The van der Waals surface area contributed by atoms with Gasteiger partial charge in [0.1, 0.15) is 24.7 Å². The van der Waals surface area contributed by atoms with E-state index in [2.05, 4.69) is 16.3 Å². The van der Waals surface area contributed by atoms with Crippen LogP contribution in [0.1, 0.15) is 37.5 Å². The molecule has 0 aliphatic heterocycles. The average molecular weight is 544 g/mol. The van der Waals surface area contributed by atoms with Gasteiger partial charge in [0.15, 0.2) is 0 Å². The molecule has 0 aliphatic rings. The molecule has 0 spiro atoms. The molecule has 206 valence electrons. The van der Waals surface area contributed by atoms with Gasteiger partial charge < -0.3 is 18.9 Å². The Balaban J connectivity index is 1.73. The van der Waals surface area contributed by atoms with Gasteiger partial charge in [-0.25, -0.2) is 9.59 Å². The SMILES string of the molecule is C=C(C)C(=O)OCCOc1ccc(C(=NOC(C)=O)c2ccc3c(c2)c2cc([N+](=O)[O-])ccc2n3CC)c(C)c1. The van der Waals surface area contributed by atoms with Crippen molar-refractivity contribution in [1.82, 2.24) is 4.57 Å². The van der Waals surface area contributed by atoms with Crippen LogP contribution in [0, 0.1) is 17.0 Å². The highest BCUT2D eigenvalue weighted by Crippen LogP contribution is 2.33. The molecule has 10 nitrogen and oxygen atoms in total. The maximum Gasteiger partial charge on any atom is 0.333 e. The first-order chi connectivity index (χ1) is 19.1. The number of ether oxygens (including phenoxy) is 2. The van der Waals surface area contributed by atoms with Crippen molar-refractivity contribution in [3.8, 4) is 5.75 Å². The quantitative estimate of drug-likeness (QED) is 0.0468. The van der Waals surface area contributed by atoms with E-state index in [1.807, 2.05) is 38.1 Å². The smallest absolute Gasteiger partial charge is 0.333 e. The van der Waals surface area contributed by atoms with Crippen LogP contribution in [-0.4, -0.2) is 40.4 Å². The third-order valence-electron chi connectivity index (χ3n) is 6.30. The van der Waals surface area contributed by atoms with Gasteiger partial charge in [-0.1, -0.05) is 17.8 Å². The van der Waals surface area contributed by atoms with Crippen LogP contribution in [0.15, 0.2) is 71.9 Å². The van der Waals surface area contributed by atoms with Crippen molar-refractivity contribution in [3.63, 3.8) is 0 Å². The lowest BCUT2D eigenvalue weighted by Gasteiger charge is -2.13. The van der Waals surface area contributed by atoms with Crippen molar-refractivity contribution in [2.75, 3.05) is 13.2 Å². The number of hydrogen-bond donors (Lipinski definition) is 0. The predicted octanol–water partition coefficient (Wildman–Crippen LogP) is 5.84. The zero-order chi connectivity index (χ0) is 29.0. The third-order valence-corrected chi connectivity index (χ3v) is 6.30. The molecule has 40 heavy (non-hydrogen) atoms. The lowest BCUT2D eigenvalue weighted by molar-refractivity contribution is -0.384. The lowest BCUT2D eigenvalue weighted by atomic mass is 9.96. The minimum atomic E-state index is -0.571. The maximum absolute atomic E-state index is 11.7. The number of carbonyl (C=O) groups is 2. The Hall–Kier alpha value is -4.99. The molecule has 3 aromatic carbocycles. The molecule has 0 saturated carbocycles. The molecule has 0 aliphatic carbocycles. The Morgan fingerprint density at radius 3 is 2.33 bits per heavy atom. The maximum atomic E-state index is 11.7. The van der Waals surface area contributed by atoms with Crippen molar-refractivity contribution in [3.05, 3.63) is 93.6 Å². The number of fused-ring (bicyclic) bond motifs is 3. The Morgan fingerprint density at radius 1 is 1.00 bits per heavy atom. The second-order valence-electron chi connectivity index (χ2n) is 9.20. The highest BCUT2D eigenvalue weighted by atomic mass is 16.7. The predicted molar refractivity (Wildman–Crippen MR) is 152 cm³/mol. The van der Waals surface area contributed by atoms with Crippen LogP contribution in [0.5, 0.6) is 5.75 Å². The van der Waals surface area contributed by atoms with E-state index in [9.17, 15) is 19.7 Å². The van der Waals surface area contributed by atoms with Crippen molar-refractivity contribution in [2.45, 2.75) is 34.2 Å². The summed E-state index contributed by atoms with van der Waals surface area (Å²) >= 11 is 0. The summed E-state index contributed by atoms with van der Waals surface area (Å²) in [6, 6.07) is 15.9. The van der Waals surface area contributed by atoms with Crippen molar-refractivity contribution < 1.29 is 28.8 Å². The van der Waals surface area contributed by atoms with Gasteiger partial charge in [0, 0.05) is 64.1 Å². The van der Waals surface area contributed by atoms with E-state index in [-0.39, 0.29) is 18.9 Å². The van der Waals surface area contributed by atoms with E-state index in [1.165, 1.54) is 13.0 Å². The molecule has 10 heteroatoms. The van der Waals surface area contributed by atoms with Crippen molar-refractivity contribution in [1.29, 1.82) is 0 Å². The van der Waals surface area contributed by atoms with Gasteiger partial charge in [-0.3, -0.25) is 10.1 Å². The highest BCUT2D eigenvalue weighted by Gasteiger charge is 2.18. The van der Waals surface area contributed by atoms with Crippen molar-refractivity contribution in [2.24, 2.45) is 5.16 Å². The first-order valence-electron chi connectivity index (χ1n) is 12.6. The van der Waals surface area contributed by atoms with E-state index in [4.69, 9.17) is 14.3 Å². The summed E-state index contributed by atoms with van der Waals surface area (Å²) in [5, 5.41) is 17.2. The molecule has 0 atom stereocenters. The van der Waals surface area contributed by atoms with Crippen LogP contribution in [0.2, 0.25) is 0 Å². The monoisotopic (exact) mass is 543 g/mol. The number of carbonyl (C=O) groups excluding carboxylic acids is 2. The average Bonchev–Trinajstić information content (AvgIpc) is 3.24. The summed E-state index contributed by atoms with van der Waals surface area (Å²) in [4.78, 5) is 39.3. The van der Waals surface area contributed by atoms with Gasteiger partial charge >= 0.3 is 11.9 Å². The van der Waals surface area contributed by atoms with Gasteiger partial charge in [0.05, 0.1) is 4.92 Å². The number of hydrogen-bond acceptors (Lipinski definition) is 8. The number of esters is 1. The van der Waals surface area contributed by atoms with Crippen LogP contribution >= 0.6 is 0 Å². The van der Waals surface area contributed by atoms with Crippen LogP contribution < -0.4 is 4.74 Å². The van der Waals surface area contributed by atoms with Crippen LogP contribution in [0.3, 0.4) is 0 Å². The molecular weight excluding hydrogens is 514 g/mol. The standard InChI is InChI=1S/C30H29N3O7/c1-6-32-27-11-7-21(16-25(27)26-17-22(33(36)37)8-12-28(26)32)29(31-40-20(5)34)24-10-9-23(15-19(24)4)38-13-14-39-30(35)18(2)3/h7-12,15-17H,2,6,13-14H2,1,3-5H3. The molecule has 0 amide bonds. The minimum Gasteiger partial charge on any atom is -0.490 e. The summed E-state index contributed by atoms with van der Waals surface area (Å²) in [6.07, 6.45) is 0. The first kappa shape index (κ1) is 28.0. The molecule has 4 aromatic rings. The minimum absolute atomic E-state index is 0.00249. The van der Waals surface area contributed by atoms with Gasteiger partial charge in [-0.15, -0.1) is 0 Å². The Bertz CT molecular complexity index is 1680. The van der Waals surface area contributed by atoms with Crippen LogP contribution in [0.25, 0.3) is 21.8 Å². The zero-order valence-electron chi connectivity index (χ0n) is 22.7. The number of oxime groups is 1. The first-order valence-corrected chi connectivity index (χ1v) is 12.6. The Labute approximate surface area is 230 Å². The van der Waals surface area contributed by atoms with Crippen molar-refractivity contribution >= 4 is 45.1 Å². The molecule has 0 fully saturated rings. The fourth-order valence-corrected chi connectivity index (χ4v) is 4.47. The number of aryl methyl sites for hydroxylation is 2. The van der Waals surface area contributed by atoms with Gasteiger partial charge in [0.25, 0.3) is 5.69 Å². The van der Waals surface area contributed by atoms with E-state index in [0.29, 0.717) is 34.7 Å². The zero-order valence-corrected chi connectivity index (χ0v) is 22.7. The number of aromatic nitrogens is 1. The lowest BCUT2D eigenvalue weighted by Crippen LogP contribution is -2.13.